The van der Waals surface area contributed by atoms with E-state index in [0.717, 1.165) is 30.5 Å². The summed E-state index contributed by atoms with van der Waals surface area (Å²) in [5.41, 5.74) is 2.31. The third-order valence-electron chi connectivity index (χ3n) is 4.72. The lowest BCUT2D eigenvalue weighted by Gasteiger charge is -2.19. The third-order valence-corrected chi connectivity index (χ3v) is 4.72. The molecule has 0 aliphatic carbocycles. The highest BCUT2D eigenvalue weighted by Crippen LogP contribution is 2.22. The van der Waals surface area contributed by atoms with Gasteiger partial charge in [0.05, 0.1) is 12.3 Å². The molecule has 0 radical (unpaired) electrons. The van der Waals surface area contributed by atoms with Crippen molar-refractivity contribution < 1.29 is 14.3 Å². The molecular weight excluding hydrogens is 344 g/mol. The van der Waals surface area contributed by atoms with Crippen LogP contribution in [0.1, 0.15) is 45.2 Å². The summed E-state index contributed by atoms with van der Waals surface area (Å²) in [5, 5.41) is 2.80. The minimum atomic E-state index is -0.264. The molecule has 2 amide bonds. The summed E-state index contributed by atoms with van der Waals surface area (Å²) in [6, 6.07) is 9.83. The quantitative estimate of drug-likeness (QED) is 0.755. The molecule has 0 spiro atoms. The zero-order chi connectivity index (χ0) is 19.2. The van der Waals surface area contributed by atoms with Crippen LogP contribution in [0.25, 0.3) is 0 Å². The van der Waals surface area contributed by atoms with Crippen LogP contribution in [0.5, 0.6) is 0 Å². The maximum absolute atomic E-state index is 13.0. The second kappa shape index (κ2) is 8.81. The van der Waals surface area contributed by atoms with Gasteiger partial charge in [0, 0.05) is 33.8 Å². The van der Waals surface area contributed by atoms with Crippen molar-refractivity contribution in [2.24, 2.45) is 0 Å². The van der Waals surface area contributed by atoms with Gasteiger partial charge in [-0.1, -0.05) is 30.3 Å². The zero-order valence-corrected chi connectivity index (χ0v) is 15.9. The van der Waals surface area contributed by atoms with Crippen molar-refractivity contribution in [2.75, 3.05) is 27.3 Å². The second-order valence-corrected chi connectivity index (χ2v) is 6.73. The number of hydrogen-bond donors (Lipinski definition) is 1. The predicted octanol–water partition coefficient (Wildman–Crippen LogP) is 1.87. The fourth-order valence-electron chi connectivity index (χ4n) is 3.34. The van der Waals surface area contributed by atoms with Gasteiger partial charge in [-0.2, -0.15) is 0 Å². The van der Waals surface area contributed by atoms with Gasteiger partial charge >= 0.3 is 0 Å². The predicted molar refractivity (Wildman–Crippen MR) is 102 cm³/mol. The molecule has 144 valence electrons. The van der Waals surface area contributed by atoms with Crippen LogP contribution in [0.4, 0.5) is 0 Å². The second-order valence-electron chi connectivity index (χ2n) is 6.73. The van der Waals surface area contributed by atoms with Crippen molar-refractivity contribution in [2.45, 2.75) is 32.4 Å². The average Bonchev–Trinajstić information content (AvgIpc) is 3.08. The van der Waals surface area contributed by atoms with Gasteiger partial charge in [0.15, 0.2) is 5.82 Å². The Morgan fingerprint density at radius 2 is 2.04 bits per heavy atom. The monoisotopic (exact) mass is 370 g/mol. The molecule has 1 N–H and O–H groups in total. The first-order valence-corrected chi connectivity index (χ1v) is 9.27. The summed E-state index contributed by atoms with van der Waals surface area (Å²) < 4.78 is 6.87. The number of benzene rings is 1. The normalized spacial score (nSPS) is 13.1. The molecule has 7 nitrogen and oxygen atoms in total. The van der Waals surface area contributed by atoms with Crippen LogP contribution in [0.15, 0.2) is 30.3 Å². The number of carbonyl (C=O) groups is 2. The van der Waals surface area contributed by atoms with Crippen LogP contribution in [-0.4, -0.2) is 53.6 Å². The van der Waals surface area contributed by atoms with Crippen LogP contribution in [0, 0.1) is 0 Å². The summed E-state index contributed by atoms with van der Waals surface area (Å²) in [7, 11) is 3.35. The highest BCUT2D eigenvalue weighted by molar-refractivity contribution is 5.97. The molecule has 27 heavy (non-hydrogen) atoms. The van der Waals surface area contributed by atoms with Crippen molar-refractivity contribution in [3.63, 3.8) is 0 Å². The molecule has 0 bridgehead atoms. The van der Waals surface area contributed by atoms with E-state index in [4.69, 9.17) is 4.74 Å². The number of ether oxygens (including phenoxy) is 1. The number of hydrogen-bond acceptors (Lipinski definition) is 4. The lowest BCUT2D eigenvalue weighted by Crippen LogP contribution is -2.30. The van der Waals surface area contributed by atoms with Crippen molar-refractivity contribution in [3.8, 4) is 0 Å². The lowest BCUT2D eigenvalue weighted by molar-refractivity contribution is 0.0778. The fourth-order valence-corrected chi connectivity index (χ4v) is 3.34. The largest absolute Gasteiger partial charge is 0.383 e. The molecule has 0 saturated heterocycles. The molecule has 0 atom stereocenters. The van der Waals surface area contributed by atoms with Gasteiger partial charge in [-0.05, 0) is 24.8 Å². The number of methoxy groups -OCH3 is 1. The number of carbonyl (C=O) groups excluding carboxylic acids is 2. The van der Waals surface area contributed by atoms with Crippen molar-refractivity contribution >= 4 is 11.8 Å². The molecule has 1 aromatic carbocycles. The van der Waals surface area contributed by atoms with Gasteiger partial charge < -0.3 is 19.5 Å². The molecule has 3 rings (SSSR count). The summed E-state index contributed by atoms with van der Waals surface area (Å²) in [5.74, 6) is -0.0994. The first kappa shape index (κ1) is 19.1. The SMILES string of the molecule is COCCNC(=O)c1nc(C(=O)N(C)Cc2ccccc2)c2n1CCCC2. The van der Waals surface area contributed by atoms with Crippen molar-refractivity contribution in [3.05, 3.63) is 53.1 Å². The first-order chi connectivity index (χ1) is 13.1. The third kappa shape index (κ3) is 4.36. The van der Waals surface area contributed by atoms with E-state index in [1.54, 1.807) is 19.1 Å². The Morgan fingerprint density at radius 1 is 1.26 bits per heavy atom. The first-order valence-electron chi connectivity index (χ1n) is 9.27. The van der Waals surface area contributed by atoms with Gasteiger partial charge in [-0.25, -0.2) is 4.98 Å². The molecule has 0 unspecified atom stereocenters. The Kier molecular flexibility index (Phi) is 6.24. The van der Waals surface area contributed by atoms with E-state index in [-0.39, 0.29) is 11.8 Å². The van der Waals surface area contributed by atoms with Crippen LogP contribution < -0.4 is 5.32 Å². The number of fused-ring (bicyclic) bond motifs is 1. The fraction of sp³-hybridized carbons (Fsp3) is 0.450. The van der Waals surface area contributed by atoms with E-state index < -0.39 is 0 Å². The van der Waals surface area contributed by atoms with E-state index in [9.17, 15) is 9.59 Å². The molecule has 2 heterocycles. The minimum absolute atomic E-state index is 0.152. The maximum atomic E-state index is 13.0. The number of imidazole rings is 1. The molecule has 0 saturated carbocycles. The zero-order valence-electron chi connectivity index (χ0n) is 15.9. The minimum Gasteiger partial charge on any atom is -0.383 e. The van der Waals surface area contributed by atoms with Crippen LogP contribution in [0.2, 0.25) is 0 Å². The average molecular weight is 370 g/mol. The molecule has 7 heteroatoms. The van der Waals surface area contributed by atoms with E-state index in [1.165, 1.54) is 0 Å². The Morgan fingerprint density at radius 3 is 2.78 bits per heavy atom. The number of aromatic nitrogens is 2. The molecule has 0 fully saturated rings. The van der Waals surface area contributed by atoms with E-state index in [0.29, 0.717) is 37.8 Å². The Labute approximate surface area is 159 Å². The summed E-state index contributed by atoms with van der Waals surface area (Å²) in [4.78, 5) is 31.6. The maximum Gasteiger partial charge on any atom is 0.287 e. The Bertz CT molecular complexity index is 801. The molecular formula is C20H26N4O3. The number of nitrogens with zero attached hydrogens (tertiary/aromatic N) is 3. The summed E-state index contributed by atoms with van der Waals surface area (Å²) >= 11 is 0. The van der Waals surface area contributed by atoms with E-state index in [1.807, 2.05) is 34.9 Å². The smallest absolute Gasteiger partial charge is 0.287 e. The van der Waals surface area contributed by atoms with Gasteiger partial charge in [-0.15, -0.1) is 0 Å². The van der Waals surface area contributed by atoms with Crippen LogP contribution >= 0.6 is 0 Å². The Hall–Kier alpha value is -2.67. The standard InChI is InChI=1S/C20H26N4O3/c1-23(14-15-8-4-3-5-9-15)20(26)17-16-10-6-7-12-24(16)18(22-17)19(25)21-11-13-27-2/h3-5,8-9H,6-7,10-14H2,1-2H3,(H,21,25). The molecule has 1 aromatic heterocycles. The lowest BCUT2D eigenvalue weighted by atomic mass is 10.1. The van der Waals surface area contributed by atoms with Gasteiger partial charge in [-0.3, -0.25) is 9.59 Å². The van der Waals surface area contributed by atoms with Gasteiger partial charge in [0.1, 0.15) is 5.69 Å². The topological polar surface area (TPSA) is 76.5 Å². The summed E-state index contributed by atoms with van der Waals surface area (Å²) in [6.45, 7) is 2.06. The van der Waals surface area contributed by atoms with Gasteiger partial charge in [0.2, 0.25) is 0 Å². The molecule has 1 aliphatic rings. The number of amides is 2. The highest BCUT2D eigenvalue weighted by Gasteiger charge is 2.28. The van der Waals surface area contributed by atoms with Crippen LogP contribution in [-0.2, 0) is 24.2 Å². The van der Waals surface area contributed by atoms with E-state index in [2.05, 4.69) is 10.3 Å². The van der Waals surface area contributed by atoms with E-state index >= 15 is 0 Å². The van der Waals surface area contributed by atoms with Gasteiger partial charge in [0.25, 0.3) is 11.8 Å². The Balaban J connectivity index is 1.82. The summed E-state index contributed by atoms with van der Waals surface area (Å²) in [6.07, 6.45) is 2.74. The van der Waals surface area contributed by atoms with Crippen LogP contribution in [0.3, 0.4) is 0 Å². The number of rotatable bonds is 7. The van der Waals surface area contributed by atoms with Crippen molar-refractivity contribution in [1.82, 2.24) is 19.8 Å². The molecule has 1 aliphatic heterocycles. The van der Waals surface area contributed by atoms with Crippen molar-refractivity contribution in [1.29, 1.82) is 0 Å². The highest BCUT2D eigenvalue weighted by atomic mass is 16.5. The number of nitrogens with one attached hydrogen (secondary N) is 1. The molecule has 2 aromatic rings.